The van der Waals surface area contributed by atoms with Gasteiger partial charge in [0.25, 0.3) is 5.91 Å². The van der Waals surface area contributed by atoms with Gasteiger partial charge in [-0.2, -0.15) is 0 Å². The number of amides is 1. The molecule has 1 atom stereocenters. The molecule has 1 amide bonds. The van der Waals surface area contributed by atoms with E-state index < -0.39 is 24.5 Å². The Hall–Kier alpha value is -2.48. The van der Waals surface area contributed by atoms with Crippen molar-refractivity contribution in [1.29, 1.82) is 0 Å². The molecule has 1 unspecified atom stereocenters. The predicted octanol–water partition coefficient (Wildman–Crippen LogP) is -0.112. The molecule has 0 bridgehead atoms. The van der Waals surface area contributed by atoms with E-state index in [4.69, 9.17) is 24.4 Å². The van der Waals surface area contributed by atoms with Gasteiger partial charge in [-0.25, -0.2) is 4.79 Å². The first-order valence-corrected chi connectivity index (χ1v) is 5.93. The predicted molar refractivity (Wildman–Crippen MR) is 72.1 cm³/mol. The number of methoxy groups -OCH3 is 3. The fraction of sp³-hybridized carbons (Fsp3) is 0.385. The van der Waals surface area contributed by atoms with E-state index in [0.717, 1.165) is 0 Å². The second kappa shape index (κ2) is 7.34. The molecule has 1 rings (SSSR count). The molecule has 8 nitrogen and oxygen atoms in total. The highest BCUT2D eigenvalue weighted by atomic mass is 16.5. The number of carbonyl (C=O) groups excluding carboxylic acids is 1. The molecule has 1 aromatic carbocycles. The number of benzene rings is 1. The Morgan fingerprint density at radius 1 is 1.14 bits per heavy atom. The van der Waals surface area contributed by atoms with Crippen molar-refractivity contribution in [1.82, 2.24) is 5.32 Å². The lowest BCUT2D eigenvalue weighted by molar-refractivity contribution is -0.140. The molecule has 0 aliphatic rings. The maximum Gasteiger partial charge on any atom is 0.328 e. The van der Waals surface area contributed by atoms with E-state index in [2.05, 4.69) is 5.32 Å². The number of hydrogen-bond acceptors (Lipinski definition) is 6. The molecule has 0 spiro atoms. The molecular formula is C13H17NO7. The number of aliphatic carboxylic acids is 1. The highest BCUT2D eigenvalue weighted by Gasteiger charge is 2.22. The lowest BCUT2D eigenvalue weighted by Crippen LogP contribution is -2.43. The van der Waals surface area contributed by atoms with Crippen molar-refractivity contribution in [2.24, 2.45) is 0 Å². The number of ether oxygens (including phenoxy) is 3. The topological polar surface area (TPSA) is 114 Å². The van der Waals surface area contributed by atoms with Crippen molar-refractivity contribution < 1.29 is 34.0 Å². The van der Waals surface area contributed by atoms with Gasteiger partial charge in [-0.1, -0.05) is 0 Å². The summed E-state index contributed by atoms with van der Waals surface area (Å²) < 4.78 is 15.3. The smallest absolute Gasteiger partial charge is 0.328 e. The molecule has 1 aromatic rings. The Morgan fingerprint density at radius 3 is 2.00 bits per heavy atom. The Labute approximate surface area is 121 Å². The molecular weight excluding hydrogens is 282 g/mol. The number of rotatable bonds is 7. The van der Waals surface area contributed by atoms with Gasteiger partial charge < -0.3 is 29.7 Å². The monoisotopic (exact) mass is 299 g/mol. The zero-order valence-corrected chi connectivity index (χ0v) is 11.9. The molecule has 3 N–H and O–H groups in total. The third kappa shape index (κ3) is 3.76. The van der Waals surface area contributed by atoms with Gasteiger partial charge >= 0.3 is 5.97 Å². The molecule has 116 valence electrons. The van der Waals surface area contributed by atoms with Crippen LogP contribution in [0.1, 0.15) is 10.4 Å². The van der Waals surface area contributed by atoms with Crippen LogP contribution >= 0.6 is 0 Å². The van der Waals surface area contributed by atoms with Gasteiger partial charge in [0.2, 0.25) is 5.75 Å². The van der Waals surface area contributed by atoms with Crippen molar-refractivity contribution >= 4 is 11.9 Å². The summed E-state index contributed by atoms with van der Waals surface area (Å²) in [5.74, 6) is -1.18. The molecule has 0 heterocycles. The van der Waals surface area contributed by atoms with Crippen LogP contribution in [0.4, 0.5) is 0 Å². The van der Waals surface area contributed by atoms with Crippen molar-refractivity contribution in [3.05, 3.63) is 17.7 Å². The van der Waals surface area contributed by atoms with Crippen molar-refractivity contribution in [2.75, 3.05) is 27.9 Å². The Bertz CT molecular complexity index is 504. The molecule has 21 heavy (non-hydrogen) atoms. The Balaban J connectivity index is 3.13. The molecule has 8 heteroatoms. The minimum absolute atomic E-state index is 0.115. The maximum atomic E-state index is 12.0. The molecule has 0 aliphatic carbocycles. The van der Waals surface area contributed by atoms with Crippen LogP contribution in [-0.2, 0) is 4.79 Å². The number of aliphatic hydroxyl groups is 1. The van der Waals surface area contributed by atoms with Crippen molar-refractivity contribution in [3.63, 3.8) is 0 Å². The van der Waals surface area contributed by atoms with Crippen LogP contribution in [0.2, 0.25) is 0 Å². The second-order valence-electron chi connectivity index (χ2n) is 3.96. The summed E-state index contributed by atoms with van der Waals surface area (Å²) in [6, 6.07) is 1.37. The van der Waals surface area contributed by atoms with Gasteiger partial charge in [-0.3, -0.25) is 4.79 Å². The van der Waals surface area contributed by atoms with Crippen molar-refractivity contribution in [2.45, 2.75) is 6.04 Å². The molecule has 0 saturated heterocycles. The molecule has 0 fully saturated rings. The number of carboxylic acids is 1. The van der Waals surface area contributed by atoms with Crippen LogP contribution in [0.5, 0.6) is 17.2 Å². The summed E-state index contributed by atoms with van der Waals surface area (Å²) in [5.41, 5.74) is 0.115. The zero-order chi connectivity index (χ0) is 16.0. The van der Waals surface area contributed by atoms with Gasteiger partial charge in [-0.05, 0) is 12.1 Å². The second-order valence-corrected chi connectivity index (χ2v) is 3.96. The lowest BCUT2D eigenvalue weighted by Gasteiger charge is -2.15. The van der Waals surface area contributed by atoms with Crippen LogP contribution < -0.4 is 19.5 Å². The van der Waals surface area contributed by atoms with E-state index in [1.54, 1.807) is 0 Å². The summed E-state index contributed by atoms with van der Waals surface area (Å²) in [7, 11) is 4.21. The lowest BCUT2D eigenvalue weighted by atomic mass is 10.1. The number of aliphatic hydroxyl groups excluding tert-OH is 1. The van der Waals surface area contributed by atoms with Crippen LogP contribution in [-0.4, -0.2) is 56.1 Å². The van der Waals surface area contributed by atoms with Crippen LogP contribution in [0, 0.1) is 0 Å². The molecule has 0 aliphatic heterocycles. The summed E-state index contributed by atoms with van der Waals surface area (Å²) in [4.78, 5) is 22.8. The summed E-state index contributed by atoms with van der Waals surface area (Å²) >= 11 is 0. The fourth-order valence-electron chi connectivity index (χ4n) is 1.64. The normalized spacial score (nSPS) is 11.4. The van der Waals surface area contributed by atoms with Gasteiger partial charge in [0, 0.05) is 5.56 Å². The zero-order valence-electron chi connectivity index (χ0n) is 11.9. The van der Waals surface area contributed by atoms with Gasteiger partial charge in [0.15, 0.2) is 17.5 Å². The van der Waals surface area contributed by atoms with E-state index in [1.807, 2.05) is 0 Å². The van der Waals surface area contributed by atoms with E-state index >= 15 is 0 Å². The number of carboxylic acid groups (broad SMARTS) is 1. The first-order valence-electron chi connectivity index (χ1n) is 5.93. The Morgan fingerprint density at radius 2 is 1.67 bits per heavy atom. The number of carbonyl (C=O) groups is 2. The summed E-state index contributed by atoms with van der Waals surface area (Å²) in [6.07, 6.45) is 0. The third-order valence-electron chi connectivity index (χ3n) is 2.71. The van der Waals surface area contributed by atoms with E-state index in [-0.39, 0.29) is 17.1 Å². The average Bonchev–Trinajstić information content (AvgIpc) is 2.50. The van der Waals surface area contributed by atoms with Crippen molar-refractivity contribution in [3.8, 4) is 17.2 Å². The van der Waals surface area contributed by atoms with Crippen LogP contribution in [0.3, 0.4) is 0 Å². The van der Waals surface area contributed by atoms with E-state index in [0.29, 0.717) is 5.75 Å². The summed E-state index contributed by atoms with van der Waals surface area (Å²) in [5, 5.41) is 19.9. The Kier molecular flexibility index (Phi) is 5.79. The maximum absolute atomic E-state index is 12.0. The SMILES string of the molecule is COc1cc(C(=O)NC(CO)C(=O)O)cc(OC)c1OC. The highest BCUT2D eigenvalue weighted by Crippen LogP contribution is 2.38. The summed E-state index contributed by atoms with van der Waals surface area (Å²) in [6.45, 7) is -0.717. The van der Waals surface area contributed by atoms with Crippen LogP contribution in [0.15, 0.2) is 12.1 Å². The minimum atomic E-state index is -1.39. The number of nitrogens with one attached hydrogen (secondary N) is 1. The fourth-order valence-corrected chi connectivity index (χ4v) is 1.64. The molecule has 0 saturated carbocycles. The molecule has 0 aromatic heterocycles. The number of hydrogen-bond donors (Lipinski definition) is 3. The van der Waals surface area contributed by atoms with Crippen LogP contribution in [0.25, 0.3) is 0 Å². The first-order chi connectivity index (χ1) is 9.98. The first kappa shape index (κ1) is 16.6. The quantitative estimate of drug-likeness (QED) is 0.643. The largest absolute Gasteiger partial charge is 0.493 e. The third-order valence-corrected chi connectivity index (χ3v) is 2.71. The molecule has 0 radical (unpaired) electrons. The van der Waals surface area contributed by atoms with Gasteiger partial charge in [0.05, 0.1) is 27.9 Å². The van der Waals surface area contributed by atoms with E-state index in [9.17, 15) is 9.59 Å². The van der Waals surface area contributed by atoms with Gasteiger partial charge in [0.1, 0.15) is 0 Å². The average molecular weight is 299 g/mol. The van der Waals surface area contributed by atoms with Gasteiger partial charge in [-0.15, -0.1) is 0 Å². The highest BCUT2D eigenvalue weighted by molar-refractivity contribution is 5.97. The van der Waals surface area contributed by atoms with E-state index in [1.165, 1.54) is 33.5 Å². The minimum Gasteiger partial charge on any atom is -0.493 e. The standard InChI is InChI=1S/C13H17NO7/c1-19-9-4-7(5-10(20-2)11(9)21-3)12(16)14-8(6-15)13(17)18/h4-5,8,15H,6H2,1-3H3,(H,14,16)(H,17,18).